The van der Waals surface area contributed by atoms with Crippen LogP contribution in [-0.4, -0.2) is 19.7 Å². The molecule has 24 heavy (non-hydrogen) atoms. The fraction of sp³-hybridized carbons (Fsp3) is 0.333. The number of nitrogens with zero attached hydrogens (tertiary/aromatic N) is 2. The van der Waals surface area contributed by atoms with Gasteiger partial charge in [0.1, 0.15) is 11.4 Å². The summed E-state index contributed by atoms with van der Waals surface area (Å²) in [5, 5.41) is 6.69. The zero-order valence-corrected chi connectivity index (χ0v) is 14.3. The molecule has 1 fully saturated rings. The van der Waals surface area contributed by atoms with Gasteiger partial charge in [-0.3, -0.25) is 0 Å². The van der Waals surface area contributed by atoms with Crippen molar-refractivity contribution in [2.24, 2.45) is 5.18 Å². The Hall–Kier alpha value is -2.27. The highest BCUT2D eigenvalue weighted by molar-refractivity contribution is 6.34. The van der Waals surface area contributed by atoms with Crippen molar-refractivity contribution < 1.29 is 4.74 Å². The summed E-state index contributed by atoms with van der Waals surface area (Å²) >= 11 is 6.27. The van der Waals surface area contributed by atoms with E-state index in [4.69, 9.17) is 16.3 Å². The van der Waals surface area contributed by atoms with Gasteiger partial charge in [-0.15, -0.1) is 4.91 Å². The van der Waals surface area contributed by atoms with Gasteiger partial charge in [0.2, 0.25) is 0 Å². The summed E-state index contributed by atoms with van der Waals surface area (Å²) in [6, 6.07) is 11.3. The Morgan fingerprint density at radius 1 is 1.21 bits per heavy atom. The van der Waals surface area contributed by atoms with E-state index in [9.17, 15) is 4.91 Å². The van der Waals surface area contributed by atoms with E-state index in [0.717, 1.165) is 30.2 Å². The van der Waals surface area contributed by atoms with E-state index in [1.807, 2.05) is 43.3 Å². The number of ether oxygens (including phenoxy) is 1. The zero-order chi connectivity index (χ0) is 16.9. The molecular formula is C18H20ClN3O2. The molecule has 0 amide bonds. The lowest BCUT2D eigenvalue weighted by Crippen LogP contribution is -2.17. The quantitative estimate of drug-likeness (QED) is 0.704. The van der Waals surface area contributed by atoms with Gasteiger partial charge in [-0.1, -0.05) is 11.6 Å². The predicted octanol–water partition coefficient (Wildman–Crippen LogP) is 5.48. The highest BCUT2D eigenvalue weighted by Gasteiger charge is 2.17. The number of hydrogen-bond donors (Lipinski definition) is 1. The van der Waals surface area contributed by atoms with E-state index in [-0.39, 0.29) is 5.69 Å². The lowest BCUT2D eigenvalue weighted by atomic mass is 10.2. The highest BCUT2D eigenvalue weighted by atomic mass is 35.5. The van der Waals surface area contributed by atoms with Gasteiger partial charge in [0.05, 0.1) is 17.3 Å². The van der Waals surface area contributed by atoms with Gasteiger partial charge in [-0.2, -0.15) is 0 Å². The van der Waals surface area contributed by atoms with E-state index in [1.165, 1.54) is 12.8 Å². The summed E-state index contributed by atoms with van der Waals surface area (Å²) in [5.41, 5.74) is 2.70. The molecule has 2 aromatic rings. The van der Waals surface area contributed by atoms with Crippen LogP contribution in [-0.2, 0) is 0 Å². The first-order valence-electron chi connectivity index (χ1n) is 8.13. The van der Waals surface area contributed by atoms with Crippen LogP contribution < -0.4 is 15.0 Å². The van der Waals surface area contributed by atoms with Crippen molar-refractivity contribution >= 4 is 34.4 Å². The smallest absolute Gasteiger partial charge is 0.150 e. The Bertz CT molecular complexity index is 713. The van der Waals surface area contributed by atoms with Crippen LogP contribution in [0.25, 0.3) is 0 Å². The second-order valence-electron chi connectivity index (χ2n) is 5.69. The number of benzene rings is 2. The van der Waals surface area contributed by atoms with Crippen LogP contribution in [0, 0.1) is 4.91 Å². The second kappa shape index (κ2) is 7.53. The summed E-state index contributed by atoms with van der Waals surface area (Å²) in [5.74, 6) is 0.806. The highest BCUT2D eigenvalue weighted by Crippen LogP contribution is 2.40. The third kappa shape index (κ3) is 3.62. The molecule has 0 atom stereocenters. The first-order valence-corrected chi connectivity index (χ1v) is 8.51. The molecule has 1 heterocycles. The van der Waals surface area contributed by atoms with Gasteiger partial charge in [-0.05, 0) is 61.3 Å². The number of nitrogens with one attached hydrogen (secondary N) is 1. The molecule has 2 aromatic carbocycles. The number of nitroso groups, excluding NO2 is 1. The van der Waals surface area contributed by atoms with E-state index < -0.39 is 0 Å². The van der Waals surface area contributed by atoms with Crippen molar-refractivity contribution in [3.63, 3.8) is 0 Å². The molecule has 6 heteroatoms. The SMILES string of the molecule is CCOc1ccc(Nc2cc(N3CCCC3)cc(Cl)c2N=O)cc1. The van der Waals surface area contributed by atoms with Crippen LogP contribution in [0.1, 0.15) is 19.8 Å². The maximum atomic E-state index is 11.2. The number of anilines is 3. The maximum Gasteiger partial charge on any atom is 0.150 e. The molecule has 0 aliphatic carbocycles. The Morgan fingerprint density at radius 3 is 2.54 bits per heavy atom. The lowest BCUT2D eigenvalue weighted by molar-refractivity contribution is 0.340. The van der Waals surface area contributed by atoms with Gasteiger partial charge < -0.3 is 15.0 Å². The molecule has 3 rings (SSSR count). The summed E-state index contributed by atoms with van der Waals surface area (Å²) < 4.78 is 5.44. The fourth-order valence-electron chi connectivity index (χ4n) is 2.89. The molecule has 1 aliphatic heterocycles. The van der Waals surface area contributed by atoms with Gasteiger partial charge in [0.25, 0.3) is 0 Å². The normalized spacial score (nSPS) is 13.8. The van der Waals surface area contributed by atoms with Gasteiger partial charge in [0, 0.05) is 24.5 Å². The topological polar surface area (TPSA) is 53.9 Å². The third-order valence-corrected chi connectivity index (χ3v) is 4.34. The van der Waals surface area contributed by atoms with Gasteiger partial charge in [-0.25, -0.2) is 0 Å². The molecule has 5 nitrogen and oxygen atoms in total. The van der Waals surface area contributed by atoms with Crippen molar-refractivity contribution in [3.8, 4) is 5.75 Å². The third-order valence-electron chi connectivity index (χ3n) is 4.05. The van der Waals surface area contributed by atoms with Crippen molar-refractivity contribution in [3.05, 3.63) is 46.3 Å². The summed E-state index contributed by atoms with van der Waals surface area (Å²) in [6.45, 7) is 4.58. The molecule has 1 N–H and O–H groups in total. The zero-order valence-electron chi connectivity index (χ0n) is 13.6. The fourth-order valence-corrected chi connectivity index (χ4v) is 3.14. The average molecular weight is 346 g/mol. The molecule has 0 unspecified atom stereocenters. The molecule has 0 bridgehead atoms. The first-order chi connectivity index (χ1) is 11.7. The van der Waals surface area contributed by atoms with Crippen molar-refractivity contribution in [1.29, 1.82) is 0 Å². The van der Waals surface area contributed by atoms with Gasteiger partial charge in [0.15, 0.2) is 0 Å². The minimum atomic E-state index is 0.230. The van der Waals surface area contributed by atoms with Crippen molar-refractivity contribution in [2.45, 2.75) is 19.8 Å². The molecule has 1 aliphatic rings. The van der Waals surface area contributed by atoms with Gasteiger partial charge >= 0.3 is 0 Å². The van der Waals surface area contributed by atoms with Crippen LogP contribution in [0.4, 0.5) is 22.7 Å². The molecule has 0 aromatic heterocycles. The molecule has 0 spiro atoms. The van der Waals surface area contributed by atoms with Crippen molar-refractivity contribution in [2.75, 3.05) is 29.9 Å². The van der Waals surface area contributed by atoms with Crippen LogP contribution >= 0.6 is 11.6 Å². The first kappa shape index (κ1) is 16.6. The molecule has 126 valence electrons. The molecule has 0 saturated carbocycles. The lowest BCUT2D eigenvalue weighted by Gasteiger charge is -2.20. The van der Waals surface area contributed by atoms with Crippen LogP contribution in [0.15, 0.2) is 41.6 Å². The van der Waals surface area contributed by atoms with E-state index in [0.29, 0.717) is 17.3 Å². The Kier molecular flexibility index (Phi) is 5.20. The largest absolute Gasteiger partial charge is 0.494 e. The molecular weight excluding hydrogens is 326 g/mol. The van der Waals surface area contributed by atoms with Crippen molar-refractivity contribution in [1.82, 2.24) is 0 Å². The Balaban J connectivity index is 1.88. The minimum absolute atomic E-state index is 0.230. The van der Waals surface area contributed by atoms with E-state index in [2.05, 4.69) is 15.4 Å². The summed E-state index contributed by atoms with van der Waals surface area (Å²) in [7, 11) is 0. The maximum absolute atomic E-state index is 11.2. The molecule has 0 radical (unpaired) electrons. The minimum Gasteiger partial charge on any atom is -0.494 e. The Morgan fingerprint density at radius 2 is 1.92 bits per heavy atom. The summed E-state index contributed by atoms with van der Waals surface area (Å²) in [4.78, 5) is 13.5. The Labute approximate surface area is 146 Å². The standard InChI is InChI=1S/C18H20ClN3O2/c1-2-24-15-7-5-13(6-8-15)20-17-12-14(22-9-3-4-10-22)11-16(19)18(17)21-23/h5-8,11-12,20H,2-4,9-10H2,1H3. The average Bonchev–Trinajstić information content (AvgIpc) is 3.11. The number of halogens is 1. The summed E-state index contributed by atoms with van der Waals surface area (Å²) in [6.07, 6.45) is 2.35. The second-order valence-corrected chi connectivity index (χ2v) is 6.10. The number of rotatable bonds is 6. The predicted molar refractivity (Wildman–Crippen MR) is 99.2 cm³/mol. The van der Waals surface area contributed by atoms with Crippen LogP contribution in [0.2, 0.25) is 5.02 Å². The van der Waals surface area contributed by atoms with E-state index >= 15 is 0 Å². The van der Waals surface area contributed by atoms with E-state index in [1.54, 1.807) is 0 Å². The van der Waals surface area contributed by atoms with Crippen LogP contribution in [0.5, 0.6) is 5.75 Å². The monoisotopic (exact) mass is 345 g/mol. The number of hydrogen-bond acceptors (Lipinski definition) is 5. The molecule has 1 saturated heterocycles. The van der Waals surface area contributed by atoms with Crippen LogP contribution in [0.3, 0.4) is 0 Å².